The van der Waals surface area contributed by atoms with Crippen LogP contribution in [-0.2, 0) is 0 Å². The molecule has 1 N–H and O–H groups in total. The van der Waals surface area contributed by atoms with Crippen molar-refractivity contribution in [2.75, 3.05) is 5.32 Å². The zero-order valence-electron chi connectivity index (χ0n) is 13.8. The van der Waals surface area contributed by atoms with Gasteiger partial charge in [0, 0.05) is 22.1 Å². The smallest absolute Gasteiger partial charge is 0.257 e. The summed E-state index contributed by atoms with van der Waals surface area (Å²) in [5.74, 6) is 0.661. The third kappa shape index (κ3) is 3.38. The highest BCUT2D eigenvalue weighted by Crippen LogP contribution is 2.24. The number of hydrogen-bond donors (Lipinski definition) is 1. The molecule has 26 heavy (non-hydrogen) atoms. The van der Waals surface area contributed by atoms with Crippen LogP contribution in [0.25, 0.3) is 22.9 Å². The standard InChI is InChI=1S/C19H14N4O2S/c1-12-11-26-19(20-12)21-16(24)13-7-9-15(10-8-13)18-23-22-17(25-18)14-5-3-2-4-6-14/h2-11H,1H3,(H,20,21,24). The molecule has 0 atom stereocenters. The molecule has 4 rings (SSSR count). The quantitative estimate of drug-likeness (QED) is 0.581. The maximum absolute atomic E-state index is 12.3. The van der Waals surface area contributed by atoms with E-state index < -0.39 is 0 Å². The number of aromatic nitrogens is 3. The Hall–Kier alpha value is -3.32. The first-order valence-corrected chi connectivity index (χ1v) is 8.80. The molecule has 0 spiro atoms. The van der Waals surface area contributed by atoms with Gasteiger partial charge < -0.3 is 4.42 Å². The van der Waals surface area contributed by atoms with Gasteiger partial charge in [0.2, 0.25) is 11.8 Å². The van der Waals surface area contributed by atoms with Crippen LogP contribution in [0, 0.1) is 6.92 Å². The molecule has 0 unspecified atom stereocenters. The van der Waals surface area contributed by atoms with Crippen LogP contribution in [0.5, 0.6) is 0 Å². The number of aryl methyl sites for hydroxylation is 1. The summed E-state index contributed by atoms with van der Waals surface area (Å²) in [5, 5.41) is 13.4. The minimum Gasteiger partial charge on any atom is -0.416 e. The van der Waals surface area contributed by atoms with Crippen molar-refractivity contribution in [1.29, 1.82) is 0 Å². The van der Waals surface area contributed by atoms with E-state index in [-0.39, 0.29) is 5.91 Å². The number of carbonyl (C=O) groups excluding carboxylic acids is 1. The minimum atomic E-state index is -0.207. The molecule has 128 valence electrons. The Balaban J connectivity index is 1.51. The molecule has 0 fully saturated rings. The number of nitrogens with one attached hydrogen (secondary N) is 1. The van der Waals surface area contributed by atoms with Crippen LogP contribution >= 0.6 is 11.3 Å². The maximum Gasteiger partial charge on any atom is 0.257 e. The highest BCUT2D eigenvalue weighted by molar-refractivity contribution is 7.13. The summed E-state index contributed by atoms with van der Waals surface area (Å²) in [7, 11) is 0. The van der Waals surface area contributed by atoms with E-state index in [2.05, 4.69) is 20.5 Å². The zero-order chi connectivity index (χ0) is 17.9. The highest BCUT2D eigenvalue weighted by Gasteiger charge is 2.12. The van der Waals surface area contributed by atoms with Crippen molar-refractivity contribution in [3.05, 3.63) is 71.2 Å². The summed E-state index contributed by atoms with van der Waals surface area (Å²) in [6.07, 6.45) is 0. The Morgan fingerprint density at radius 3 is 2.23 bits per heavy atom. The average Bonchev–Trinajstić information content (AvgIpc) is 3.32. The number of benzene rings is 2. The van der Waals surface area contributed by atoms with Gasteiger partial charge in [-0.1, -0.05) is 18.2 Å². The van der Waals surface area contributed by atoms with Gasteiger partial charge in [-0.2, -0.15) is 0 Å². The first-order chi connectivity index (χ1) is 12.7. The molecule has 0 radical (unpaired) electrons. The molecule has 2 aromatic carbocycles. The van der Waals surface area contributed by atoms with Crippen LogP contribution < -0.4 is 5.32 Å². The molecular weight excluding hydrogens is 348 g/mol. The van der Waals surface area contributed by atoms with Gasteiger partial charge in [0.15, 0.2) is 5.13 Å². The van der Waals surface area contributed by atoms with Crippen LogP contribution in [0.15, 0.2) is 64.4 Å². The second-order valence-electron chi connectivity index (χ2n) is 5.60. The lowest BCUT2D eigenvalue weighted by atomic mass is 10.1. The normalized spacial score (nSPS) is 10.7. The Morgan fingerprint density at radius 2 is 1.62 bits per heavy atom. The van der Waals surface area contributed by atoms with Crippen molar-refractivity contribution in [1.82, 2.24) is 15.2 Å². The number of carbonyl (C=O) groups is 1. The predicted octanol–water partition coefficient (Wildman–Crippen LogP) is 4.42. The second-order valence-corrected chi connectivity index (χ2v) is 6.46. The van der Waals surface area contributed by atoms with Crippen LogP contribution in [0.4, 0.5) is 5.13 Å². The number of rotatable bonds is 4. The molecule has 0 aliphatic rings. The molecule has 2 aromatic heterocycles. The number of hydrogen-bond acceptors (Lipinski definition) is 6. The third-order valence-corrected chi connectivity index (χ3v) is 4.55. The number of nitrogens with zero attached hydrogens (tertiary/aromatic N) is 3. The molecular formula is C19H14N4O2S. The summed E-state index contributed by atoms with van der Waals surface area (Å²) in [6, 6.07) is 16.6. The van der Waals surface area contributed by atoms with Crippen LogP contribution in [0.1, 0.15) is 16.1 Å². The molecule has 7 heteroatoms. The first-order valence-electron chi connectivity index (χ1n) is 7.92. The zero-order valence-corrected chi connectivity index (χ0v) is 14.7. The third-order valence-electron chi connectivity index (χ3n) is 3.68. The van der Waals surface area contributed by atoms with E-state index in [4.69, 9.17) is 4.42 Å². The lowest BCUT2D eigenvalue weighted by molar-refractivity contribution is 0.102. The van der Waals surface area contributed by atoms with E-state index in [9.17, 15) is 4.79 Å². The van der Waals surface area contributed by atoms with Gasteiger partial charge in [-0.3, -0.25) is 10.1 Å². The Kier molecular flexibility index (Phi) is 4.28. The van der Waals surface area contributed by atoms with E-state index in [1.807, 2.05) is 42.6 Å². The van der Waals surface area contributed by atoms with Gasteiger partial charge in [0.05, 0.1) is 5.69 Å². The molecule has 0 bridgehead atoms. The molecule has 0 aliphatic carbocycles. The summed E-state index contributed by atoms with van der Waals surface area (Å²) in [4.78, 5) is 16.5. The lowest BCUT2D eigenvalue weighted by Crippen LogP contribution is -2.11. The van der Waals surface area contributed by atoms with E-state index in [0.717, 1.165) is 16.8 Å². The van der Waals surface area contributed by atoms with E-state index in [1.54, 1.807) is 24.3 Å². The topological polar surface area (TPSA) is 80.9 Å². The molecule has 2 heterocycles. The molecule has 6 nitrogen and oxygen atoms in total. The van der Waals surface area contributed by atoms with Gasteiger partial charge >= 0.3 is 0 Å². The van der Waals surface area contributed by atoms with Crippen LogP contribution in [-0.4, -0.2) is 21.1 Å². The van der Waals surface area contributed by atoms with Gasteiger partial charge in [0.25, 0.3) is 5.91 Å². The second kappa shape index (κ2) is 6.89. The number of anilines is 1. The maximum atomic E-state index is 12.3. The van der Waals surface area contributed by atoms with Gasteiger partial charge in [-0.15, -0.1) is 21.5 Å². The lowest BCUT2D eigenvalue weighted by Gasteiger charge is -2.02. The Bertz CT molecular complexity index is 1040. The van der Waals surface area contributed by atoms with Crippen molar-refractivity contribution >= 4 is 22.4 Å². The fraction of sp³-hybridized carbons (Fsp3) is 0.0526. The van der Waals surface area contributed by atoms with Crippen LogP contribution in [0.2, 0.25) is 0 Å². The van der Waals surface area contributed by atoms with E-state index in [1.165, 1.54) is 11.3 Å². The van der Waals surface area contributed by atoms with Crippen molar-refractivity contribution < 1.29 is 9.21 Å². The molecule has 1 amide bonds. The molecule has 0 saturated heterocycles. The monoisotopic (exact) mass is 362 g/mol. The van der Waals surface area contributed by atoms with Gasteiger partial charge in [0.1, 0.15) is 0 Å². The fourth-order valence-electron chi connectivity index (χ4n) is 2.38. The predicted molar refractivity (Wildman–Crippen MR) is 100.0 cm³/mol. The fourth-order valence-corrected chi connectivity index (χ4v) is 3.07. The number of thiazole rings is 1. The van der Waals surface area contributed by atoms with Crippen molar-refractivity contribution in [3.8, 4) is 22.9 Å². The number of amides is 1. The summed E-state index contributed by atoms with van der Waals surface area (Å²) < 4.78 is 5.72. The summed E-state index contributed by atoms with van der Waals surface area (Å²) in [6.45, 7) is 1.88. The summed E-state index contributed by atoms with van der Waals surface area (Å²) >= 11 is 1.40. The minimum absolute atomic E-state index is 0.207. The average molecular weight is 362 g/mol. The van der Waals surface area contributed by atoms with Crippen molar-refractivity contribution in [2.24, 2.45) is 0 Å². The largest absolute Gasteiger partial charge is 0.416 e. The highest BCUT2D eigenvalue weighted by atomic mass is 32.1. The Morgan fingerprint density at radius 1 is 0.962 bits per heavy atom. The van der Waals surface area contributed by atoms with E-state index >= 15 is 0 Å². The summed E-state index contributed by atoms with van der Waals surface area (Å²) in [5.41, 5.74) is 3.03. The molecule has 0 saturated carbocycles. The van der Waals surface area contributed by atoms with Gasteiger partial charge in [-0.05, 0) is 43.3 Å². The Labute approximate surface area is 153 Å². The molecule has 0 aliphatic heterocycles. The first kappa shape index (κ1) is 16.2. The van der Waals surface area contributed by atoms with E-state index in [0.29, 0.717) is 22.5 Å². The van der Waals surface area contributed by atoms with Crippen LogP contribution in [0.3, 0.4) is 0 Å². The van der Waals surface area contributed by atoms with Gasteiger partial charge in [-0.25, -0.2) is 4.98 Å². The van der Waals surface area contributed by atoms with Crippen molar-refractivity contribution in [3.63, 3.8) is 0 Å². The van der Waals surface area contributed by atoms with Crippen molar-refractivity contribution in [2.45, 2.75) is 6.92 Å². The molecule has 4 aromatic rings. The SMILES string of the molecule is Cc1csc(NC(=O)c2ccc(-c3nnc(-c4ccccc4)o3)cc2)n1.